The minimum atomic E-state index is -3.71. The molecule has 2 aromatic carbocycles. The number of nitrogens with zero attached hydrogens (tertiary/aromatic N) is 3. The number of carbonyl (C=O) groups is 1. The molecule has 2 fully saturated rings. The molecule has 1 amide bonds. The third kappa shape index (κ3) is 4.45. The van der Waals surface area contributed by atoms with Gasteiger partial charge in [0.05, 0.1) is 7.11 Å². The summed E-state index contributed by atoms with van der Waals surface area (Å²) < 4.78 is 43.9. The molecule has 0 aromatic heterocycles. The Bertz CT molecular complexity index is 1170. The van der Waals surface area contributed by atoms with Gasteiger partial charge in [0.15, 0.2) is 11.5 Å². The van der Waals surface area contributed by atoms with Crippen LogP contribution < -0.4 is 14.2 Å². The molecule has 3 heterocycles. The molecule has 10 heteroatoms. The van der Waals surface area contributed by atoms with E-state index in [0.29, 0.717) is 31.7 Å². The van der Waals surface area contributed by atoms with Crippen LogP contribution >= 0.6 is 0 Å². The number of fused-ring (bicyclic) bond motifs is 1. The average molecular weight is 488 g/mol. The lowest BCUT2D eigenvalue weighted by atomic mass is 10.1. The third-order valence-corrected chi connectivity index (χ3v) is 8.52. The Hall–Kier alpha value is -2.82. The average Bonchev–Trinajstić information content (AvgIpc) is 3.56. The second-order valence-electron chi connectivity index (χ2n) is 8.73. The summed E-state index contributed by atoms with van der Waals surface area (Å²) in [5.74, 6) is 1.63. The van der Waals surface area contributed by atoms with Crippen molar-refractivity contribution in [2.24, 2.45) is 0 Å². The van der Waals surface area contributed by atoms with E-state index in [4.69, 9.17) is 14.2 Å². The van der Waals surface area contributed by atoms with Crippen molar-refractivity contribution in [1.29, 1.82) is 0 Å². The fourth-order valence-corrected chi connectivity index (χ4v) is 6.37. The molecule has 5 rings (SSSR count). The van der Waals surface area contributed by atoms with Gasteiger partial charge in [-0.05, 0) is 48.7 Å². The van der Waals surface area contributed by atoms with E-state index < -0.39 is 10.0 Å². The summed E-state index contributed by atoms with van der Waals surface area (Å²) in [6.07, 6.45) is 1.69. The maximum atomic E-state index is 13.2. The maximum Gasteiger partial charge on any atom is 0.253 e. The van der Waals surface area contributed by atoms with Crippen LogP contribution in [0, 0.1) is 0 Å². The monoisotopic (exact) mass is 487 g/mol. The van der Waals surface area contributed by atoms with Gasteiger partial charge in [0, 0.05) is 51.4 Å². The van der Waals surface area contributed by atoms with Crippen molar-refractivity contribution in [2.75, 3.05) is 53.2 Å². The summed E-state index contributed by atoms with van der Waals surface area (Å²) in [5.41, 5.74) is 1.50. The van der Waals surface area contributed by atoms with Crippen LogP contribution in [-0.2, 0) is 16.6 Å². The minimum Gasteiger partial charge on any atom is -0.495 e. The highest BCUT2D eigenvalue weighted by Gasteiger charge is 2.31. The van der Waals surface area contributed by atoms with Gasteiger partial charge in [0.1, 0.15) is 10.6 Å². The maximum absolute atomic E-state index is 13.2. The highest BCUT2D eigenvalue weighted by atomic mass is 32.2. The SMILES string of the molecule is COc1ccc(C(=O)N2CCN(Cc3ccc4c(c3)OCO4)CC2)cc1S(=O)(=O)N1CCCC1. The largest absolute Gasteiger partial charge is 0.495 e. The topological polar surface area (TPSA) is 88.6 Å². The zero-order chi connectivity index (χ0) is 23.7. The second kappa shape index (κ2) is 9.44. The van der Waals surface area contributed by atoms with Crippen LogP contribution in [0.1, 0.15) is 28.8 Å². The van der Waals surface area contributed by atoms with Gasteiger partial charge in [-0.15, -0.1) is 0 Å². The van der Waals surface area contributed by atoms with Crippen LogP contribution in [-0.4, -0.2) is 81.6 Å². The van der Waals surface area contributed by atoms with E-state index in [1.807, 2.05) is 18.2 Å². The lowest BCUT2D eigenvalue weighted by Gasteiger charge is -2.35. The molecule has 0 radical (unpaired) electrons. The van der Waals surface area contributed by atoms with Gasteiger partial charge < -0.3 is 19.1 Å². The zero-order valence-corrected chi connectivity index (χ0v) is 20.1. The molecule has 3 aliphatic rings. The lowest BCUT2D eigenvalue weighted by molar-refractivity contribution is 0.0628. The van der Waals surface area contributed by atoms with Gasteiger partial charge in [-0.1, -0.05) is 6.07 Å². The van der Waals surface area contributed by atoms with Crippen molar-refractivity contribution in [3.63, 3.8) is 0 Å². The van der Waals surface area contributed by atoms with Crippen molar-refractivity contribution >= 4 is 15.9 Å². The molecule has 3 aliphatic heterocycles. The van der Waals surface area contributed by atoms with Crippen molar-refractivity contribution < 1.29 is 27.4 Å². The molecular weight excluding hydrogens is 458 g/mol. The molecular formula is C24H29N3O6S. The smallest absolute Gasteiger partial charge is 0.253 e. The standard InChI is InChI=1S/C24H29N3O6S/c1-31-21-7-5-19(15-23(21)34(29,30)27-8-2-3-9-27)24(28)26-12-10-25(11-13-26)16-18-4-6-20-22(14-18)33-17-32-20/h4-7,14-15H,2-3,8-13,16-17H2,1H3. The van der Waals surface area contributed by atoms with Gasteiger partial charge in [-0.2, -0.15) is 4.31 Å². The van der Waals surface area contributed by atoms with E-state index in [0.717, 1.165) is 49.5 Å². The Labute approximate surface area is 199 Å². The Morgan fingerprint density at radius 3 is 2.41 bits per heavy atom. The molecule has 2 aromatic rings. The quantitative estimate of drug-likeness (QED) is 0.617. The third-order valence-electron chi connectivity index (χ3n) is 6.60. The predicted molar refractivity (Wildman–Crippen MR) is 125 cm³/mol. The Kier molecular flexibility index (Phi) is 6.37. The van der Waals surface area contributed by atoms with Crippen LogP contribution in [0.2, 0.25) is 0 Å². The predicted octanol–water partition coefficient (Wildman–Crippen LogP) is 2.17. The number of rotatable bonds is 6. The summed E-state index contributed by atoms with van der Waals surface area (Å²) in [7, 11) is -2.26. The summed E-state index contributed by atoms with van der Waals surface area (Å²) in [4.78, 5) is 17.4. The first kappa shape index (κ1) is 22.9. The van der Waals surface area contributed by atoms with Gasteiger partial charge in [-0.25, -0.2) is 8.42 Å². The fourth-order valence-electron chi connectivity index (χ4n) is 4.67. The molecule has 182 valence electrons. The molecule has 0 N–H and O–H groups in total. The van der Waals surface area contributed by atoms with Crippen LogP contribution in [0.15, 0.2) is 41.3 Å². The van der Waals surface area contributed by atoms with Crippen molar-refractivity contribution in [3.05, 3.63) is 47.5 Å². The number of hydrogen-bond acceptors (Lipinski definition) is 7. The van der Waals surface area contributed by atoms with E-state index in [1.165, 1.54) is 17.5 Å². The molecule has 0 spiro atoms. The summed E-state index contributed by atoms with van der Waals surface area (Å²) in [6.45, 7) is 4.62. The Balaban J connectivity index is 1.25. The van der Waals surface area contributed by atoms with E-state index in [1.54, 1.807) is 17.0 Å². The molecule has 0 unspecified atom stereocenters. The number of piperazine rings is 1. The summed E-state index contributed by atoms with van der Waals surface area (Å²) in [5, 5.41) is 0. The van der Waals surface area contributed by atoms with Gasteiger partial charge in [0.2, 0.25) is 16.8 Å². The van der Waals surface area contributed by atoms with E-state index in [-0.39, 0.29) is 23.3 Å². The number of ether oxygens (including phenoxy) is 3. The Morgan fingerprint density at radius 2 is 1.68 bits per heavy atom. The molecule has 0 bridgehead atoms. The van der Waals surface area contributed by atoms with Gasteiger partial charge >= 0.3 is 0 Å². The number of methoxy groups -OCH3 is 1. The molecule has 0 saturated carbocycles. The number of carbonyl (C=O) groups excluding carboxylic acids is 1. The van der Waals surface area contributed by atoms with Crippen molar-refractivity contribution in [2.45, 2.75) is 24.3 Å². The lowest BCUT2D eigenvalue weighted by Crippen LogP contribution is -2.48. The Morgan fingerprint density at radius 1 is 0.941 bits per heavy atom. The molecule has 0 atom stereocenters. The van der Waals surface area contributed by atoms with Crippen molar-refractivity contribution in [1.82, 2.24) is 14.1 Å². The van der Waals surface area contributed by atoms with E-state index >= 15 is 0 Å². The molecule has 34 heavy (non-hydrogen) atoms. The second-order valence-corrected chi connectivity index (χ2v) is 10.6. The fraction of sp³-hybridized carbons (Fsp3) is 0.458. The molecule has 0 aliphatic carbocycles. The minimum absolute atomic E-state index is 0.0594. The normalized spacial score (nSPS) is 18.9. The number of hydrogen-bond donors (Lipinski definition) is 0. The van der Waals surface area contributed by atoms with Crippen LogP contribution in [0.5, 0.6) is 17.2 Å². The number of amides is 1. The van der Waals surface area contributed by atoms with Crippen molar-refractivity contribution in [3.8, 4) is 17.2 Å². The van der Waals surface area contributed by atoms with Gasteiger partial charge in [0.25, 0.3) is 5.91 Å². The number of benzene rings is 2. The van der Waals surface area contributed by atoms with E-state index in [9.17, 15) is 13.2 Å². The summed E-state index contributed by atoms with van der Waals surface area (Å²) in [6, 6.07) is 10.6. The summed E-state index contributed by atoms with van der Waals surface area (Å²) >= 11 is 0. The molecule has 2 saturated heterocycles. The first-order valence-electron chi connectivity index (χ1n) is 11.5. The van der Waals surface area contributed by atoms with E-state index in [2.05, 4.69) is 4.90 Å². The highest BCUT2D eigenvalue weighted by Crippen LogP contribution is 2.33. The van der Waals surface area contributed by atoms with Crippen LogP contribution in [0.3, 0.4) is 0 Å². The first-order valence-corrected chi connectivity index (χ1v) is 13.0. The highest BCUT2D eigenvalue weighted by molar-refractivity contribution is 7.89. The number of sulfonamides is 1. The first-order chi connectivity index (χ1) is 16.5. The van der Waals surface area contributed by atoms with Gasteiger partial charge in [-0.3, -0.25) is 9.69 Å². The van der Waals surface area contributed by atoms with Crippen LogP contribution in [0.4, 0.5) is 0 Å². The van der Waals surface area contributed by atoms with Crippen LogP contribution in [0.25, 0.3) is 0 Å². The molecule has 9 nitrogen and oxygen atoms in total. The zero-order valence-electron chi connectivity index (χ0n) is 19.2.